The summed E-state index contributed by atoms with van der Waals surface area (Å²) in [6.07, 6.45) is 0.136. The van der Waals surface area contributed by atoms with Crippen molar-refractivity contribution in [3.63, 3.8) is 0 Å². The normalized spacial score (nSPS) is 31.4. The average Bonchev–Trinajstić information content (AvgIpc) is 2.79. The first-order valence-electron chi connectivity index (χ1n) is 3.80. The lowest BCUT2D eigenvalue weighted by atomic mass is 10.0. The molecule has 2 saturated heterocycles. The lowest BCUT2D eigenvalue weighted by molar-refractivity contribution is 0.0850. The van der Waals surface area contributed by atoms with Crippen LogP contribution in [-0.2, 0) is 14.5 Å². The second-order valence-corrected chi connectivity index (χ2v) is 3.28. The molecule has 0 N–H and O–H groups in total. The maximum Gasteiger partial charge on any atom is 0.283 e. The summed E-state index contributed by atoms with van der Waals surface area (Å²) in [7, 11) is 0. The van der Waals surface area contributed by atoms with Crippen molar-refractivity contribution in [3.05, 3.63) is 11.1 Å². The Bertz CT molecular complexity index is 207. The molecule has 2 rings (SSSR count). The summed E-state index contributed by atoms with van der Waals surface area (Å²) in [5.41, 5.74) is 2.37. The molecule has 2 fully saturated rings. The molecule has 62 valence electrons. The first-order chi connectivity index (χ1) is 5.17. The van der Waals surface area contributed by atoms with Crippen molar-refractivity contribution < 1.29 is 14.5 Å². The summed E-state index contributed by atoms with van der Waals surface area (Å²) < 4.78 is 5.12. The fourth-order valence-electron chi connectivity index (χ4n) is 1.13. The molecule has 2 aliphatic rings. The van der Waals surface area contributed by atoms with Crippen molar-refractivity contribution in [2.75, 3.05) is 6.61 Å². The van der Waals surface area contributed by atoms with Gasteiger partial charge in [0.2, 0.25) is 0 Å². The molecule has 2 heterocycles. The summed E-state index contributed by atoms with van der Waals surface area (Å²) >= 11 is 0. The molecular formula is C8H12O3. The maximum absolute atomic E-state index is 5.12. The fourth-order valence-corrected chi connectivity index (χ4v) is 1.13. The van der Waals surface area contributed by atoms with Crippen molar-refractivity contribution in [2.24, 2.45) is 0 Å². The van der Waals surface area contributed by atoms with E-state index in [1.807, 2.05) is 20.8 Å². The molecular weight excluding hydrogens is 144 g/mol. The van der Waals surface area contributed by atoms with E-state index in [9.17, 15) is 0 Å². The number of rotatable bonds is 2. The zero-order chi connectivity index (χ0) is 8.06. The van der Waals surface area contributed by atoms with E-state index in [1.54, 1.807) is 0 Å². The summed E-state index contributed by atoms with van der Waals surface area (Å²) in [6, 6.07) is 0. The van der Waals surface area contributed by atoms with Gasteiger partial charge in [-0.3, -0.25) is 0 Å². The molecule has 0 radical (unpaired) electrons. The Hall–Kier alpha value is -0.380. The van der Waals surface area contributed by atoms with E-state index in [1.165, 1.54) is 5.57 Å². The highest BCUT2D eigenvalue weighted by Gasteiger charge is 2.63. The summed E-state index contributed by atoms with van der Waals surface area (Å²) in [5.74, 6) is -0.501. The van der Waals surface area contributed by atoms with Crippen LogP contribution in [0, 0.1) is 0 Å². The number of allylic oxidation sites excluding steroid dienone is 1. The number of ether oxygens (including phenoxy) is 1. The van der Waals surface area contributed by atoms with Crippen LogP contribution in [0.25, 0.3) is 0 Å². The van der Waals surface area contributed by atoms with Crippen molar-refractivity contribution in [1.29, 1.82) is 0 Å². The second kappa shape index (κ2) is 2.06. The molecule has 3 nitrogen and oxygen atoms in total. The Morgan fingerprint density at radius 3 is 2.09 bits per heavy atom. The molecule has 1 unspecified atom stereocenters. The highest BCUT2D eigenvalue weighted by atomic mass is 17.4. The van der Waals surface area contributed by atoms with Gasteiger partial charge in [0.1, 0.15) is 6.10 Å². The van der Waals surface area contributed by atoms with Crippen molar-refractivity contribution in [3.8, 4) is 0 Å². The van der Waals surface area contributed by atoms with Crippen LogP contribution in [0.15, 0.2) is 11.1 Å². The van der Waals surface area contributed by atoms with Gasteiger partial charge in [-0.05, 0) is 26.3 Å². The Labute approximate surface area is 65.9 Å². The molecule has 0 saturated carbocycles. The molecule has 0 spiro atoms. The lowest BCUT2D eigenvalue weighted by Gasteiger charge is -2.05. The number of hydrogen-bond acceptors (Lipinski definition) is 3. The Morgan fingerprint density at radius 1 is 1.27 bits per heavy atom. The highest BCUT2D eigenvalue weighted by molar-refractivity contribution is 5.23. The van der Waals surface area contributed by atoms with E-state index < -0.39 is 5.79 Å². The molecule has 11 heavy (non-hydrogen) atoms. The summed E-state index contributed by atoms with van der Waals surface area (Å²) in [6.45, 7) is 6.86. The van der Waals surface area contributed by atoms with Crippen molar-refractivity contribution in [1.82, 2.24) is 0 Å². The van der Waals surface area contributed by atoms with Gasteiger partial charge in [0.15, 0.2) is 0 Å². The smallest absolute Gasteiger partial charge is 0.283 e. The summed E-state index contributed by atoms with van der Waals surface area (Å²) in [5, 5.41) is 0. The molecule has 0 amide bonds. The second-order valence-electron chi connectivity index (χ2n) is 3.28. The first kappa shape index (κ1) is 7.28. The largest absolute Gasteiger partial charge is 0.367 e. The van der Waals surface area contributed by atoms with Crippen LogP contribution in [0.4, 0.5) is 0 Å². The standard InChI is InChI=1S/C8H12O3/c1-5(2)6(3)8(10-11-8)7-4-9-7/h7H,4H2,1-3H3. The molecule has 0 aliphatic carbocycles. The van der Waals surface area contributed by atoms with E-state index in [0.717, 1.165) is 12.2 Å². The van der Waals surface area contributed by atoms with Gasteiger partial charge in [0.05, 0.1) is 6.61 Å². The molecule has 2 aliphatic heterocycles. The minimum absolute atomic E-state index is 0.136. The van der Waals surface area contributed by atoms with Crippen LogP contribution >= 0.6 is 0 Å². The fraction of sp³-hybridized carbons (Fsp3) is 0.750. The third kappa shape index (κ3) is 1.00. The van der Waals surface area contributed by atoms with Gasteiger partial charge in [0.25, 0.3) is 5.79 Å². The van der Waals surface area contributed by atoms with E-state index in [4.69, 9.17) is 14.5 Å². The van der Waals surface area contributed by atoms with Crippen LogP contribution in [0.1, 0.15) is 20.8 Å². The molecule has 0 aromatic carbocycles. The SMILES string of the molecule is CC(C)=C(C)C1(C2CO2)OO1. The van der Waals surface area contributed by atoms with E-state index in [-0.39, 0.29) is 6.10 Å². The van der Waals surface area contributed by atoms with E-state index >= 15 is 0 Å². The maximum atomic E-state index is 5.12. The van der Waals surface area contributed by atoms with Crippen LogP contribution in [0.2, 0.25) is 0 Å². The topological polar surface area (TPSA) is 37.6 Å². The van der Waals surface area contributed by atoms with Gasteiger partial charge in [-0.25, -0.2) is 0 Å². The van der Waals surface area contributed by atoms with Crippen LogP contribution < -0.4 is 0 Å². The van der Waals surface area contributed by atoms with Gasteiger partial charge in [-0.2, -0.15) is 9.78 Å². The lowest BCUT2D eigenvalue weighted by Crippen LogP contribution is -2.21. The minimum atomic E-state index is -0.501. The first-order valence-corrected chi connectivity index (χ1v) is 3.80. The van der Waals surface area contributed by atoms with Crippen LogP contribution in [-0.4, -0.2) is 18.5 Å². The van der Waals surface area contributed by atoms with Gasteiger partial charge >= 0.3 is 0 Å². The van der Waals surface area contributed by atoms with Gasteiger partial charge in [-0.1, -0.05) is 5.57 Å². The van der Waals surface area contributed by atoms with E-state index in [0.29, 0.717) is 0 Å². The molecule has 0 aromatic rings. The van der Waals surface area contributed by atoms with Crippen molar-refractivity contribution in [2.45, 2.75) is 32.7 Å². The molecule has 0 aromatic heterocycles. The third-order valence-electron chi connectivity index (χ3n) is 2.29. The molecule has 3 heteroatoms. The predicted octanol–water partition coefficient (Wildman–Crippen LogP) is 1.40. The van der Waals surface area contributed by atoms with Gasteiger partial charge in [0, 0.05) is 0 Å². The molecule has 1 atom stereocenters. The quantitative estimate of drug-likeness (QED) is 0.344. The Morgan fingerprint density at radius 2 is 1.82 bits per heavy atom. The zero-order valence-electron chi connectivity index (χ0n) is 7.01. The van der Waals surface area contributed by atoms with Gasteiger partial charge < -0.3 is 4.74 Å². The zero-order valence-corrected chi connectivity index (χ0v) is 7.01. The molecule has 0 bridgehead atoms. The number of epoxide rings is 1. The predicted molar refractivity (Wildman–Crippen MR) is 38.7 cm³/mol. The van der Waals surface area contributed by atoms with Crippen LogP contribution in [0.5, 0.6) is 0 Å². The van der Waals surface area contributed by atoms with E-state index in [2.05, 4.69) is 0 Å². The Kier molecular flexibility index (Phi) is 1.36. The van der Waals surface area contributed by atoms with Crippen molar-refractivity contribution >= 4 is 0 Å². The highest BCUT2D eigenvalue weighted by Crippen LogP contribution is 2.47. The summed E-state index contributed by atoms with van der Waals surface area (Å²) in [4.78, 5) is 9.92. The number of hydrogen-bond donors (Lipinski definition) is 0. The third-order valence-corrected chi connectivity index (χ3v) is 2.29. The van der Waals surface area contributed by atoms with Crippen LogP contribution in [0.3, 0.4) is 0 Å². The van der Waals surface area contributed by atoms with Gasteiger partial charge in [-0.15, -0.1) is 0 Å². The Balaban J connectivity index is 2.19. The minimum Gasteiger partial charge on any atom is -0.367 e. The average molecular weight is 156 g/mol. The monoisotopic (exact) mass is 156 g/mol.